The quantitative estimate of drug-likeness (QED) is 0.773. The predicted molar refractivity (Wildman–Crippen MR) is 61.5 cm³/mol. The molecule has 1 N–H and O–H groups in total. The maximum Gasteiger partial charge on any atom is 0.309 e. The number of nitrogens with zero attached hydrogens (tertiary/aromatic N) is 3. The molecule has 0 aliphatic heterocycles. The van der Waals surface area contributed by atoms with E-state index in [1.807, 2.05) is 0 Å². The van der Waals surface area contributed by atoms with Gasteiger partial charge < -0.3 is 9.84 Å². The van der Waals surface area contributed by atoms with E-state index in [-0.39, 0.29) is 6.42 Å². The zero-order valence-electron chi connectivity index (χ0n) is 10.5. The first-order valence-corrected chi connectivity index (χ1v) is 5.66. The van der Waals surface area contributed by atoms with Gasteiger partial charge in [0.25, 0.3) is 0 Å². The van der Waals surface area contributed by atoms with Gasteiger partial charge in [-0.05, 0) is 12.3 Å². The number of aromatic nitrogens is 3. The first kappa shape index (κ1) is 13.6. The van der Waals surface area contributed by atoms with E-state index in [1.165, 1.54) is 0 Å². The number of carboxylic acids is 1. The van der Waals surface area contributed by atoms with Crippen LogP contribution in [0.25, 0.3) is 0 Å². The van der Waals surface area contributed by atoms with Crippen LogP contribution >= 0.6 is 0 Å². The molecule has 0 aliphatic carbocycles. The SMILES string of the molecule is COCc1c(CC(=O)O)nnn1CCC(C)C. The monoisotopic (exact) mass is 241 g/mol. The smallest absolute Gasteiger partial charge is 0.309 e. The van der Waals surface area contributed by atoms with Crippen molar-refractivity contribution in [1.82, 2.24) is 15.0 Å². The Morgan fingerprint density at radius 2 is 2.24 bits per heavy atom. The average molecular weight is 241 g/mol. The van der Waals surface area contributed by atoms with E-state index < -0.39 is 5.97 Å². The number of hydrogen-bond donors (Lipinski definition) is 1. The molecule has 1 aromatic heterocycles. The fourth-order valence-corrected chi connectivity index (χ4v) is 1.50. The molecule has 1 rings (SSSR count). The number of methoxy groups -OCH3 is 1. The molecule has 0 bridgehead atoms. The number of carbonyl (C=O) groups is 1. The Kier molecular flexibility index (Phi) is 5.09. The molecule has 0 saturated carbocycles. The van der Waals surface area contributed by atoms with E-state index in [0.29, 0.717) is 18.2 Å². The molecule has 0 radical (unpaired) electrons. The molecule has 0 atom stereocenters. The Balaban J connectivity index is 2.81. The van der Waals surface area contributed by atoms with Crippen molar-refractivity contribution in [1.29, 1.82) is 0 Å². The van der Waals surface area contributed by atoms with Gasteiger partial charge in [-0.3, -0.25) is 4.79 Å². The molecule has 96 valence electrons. The summed E-state index contributed by atoms with van der Waals surface area (Å²) in [6, 6.07) is 0. The zero-order chi connectivity index (χ0) is 12.8. The van der Waals surface area contributed by atoms with E-state index >= 15 is 0 Å². The molecule has 0 saturated heterocycles. The van der Waals surface area contributed by atoms with Gasteiger partial charge in [-0.2, -0.15) is 0 Å². The molecule has 6 nitrogen and oxygen atoms in total. The molecule has 0 spiro atoms. The highest BCUT2D eigenvalue weighted by Crippen LogP contribution is 2.10. The highest BCUT2D eigenvalue weighted by molar-refractivity contribution is 5.69. The van der Waals surface area contributed by atoms with Crippen LogP contribution in [0, 0.1) is 5.92 Å². The van der Waals surface area contributed by atoms with Gasteiger partial charge in [-0.15, -0.1) is 5.10 Å². The molecule has 1 aromatic rings. The van der Waals surface area contributed by atoms with E-state index in [0.717, 1.165) is 18.7 Å². The molecule has 0 aromatic carbocycles. The molecule has 6 heteroatoms. The lowest BCUT2D eigenvalue weighted by Crippen LogP contribution is -2.10. The van der Waals surface area contributed by atoms with Gasteiger partial charge in [0.1, 0.15) is 0 Å². The molecule has 0 fully saturated rings. The van der Waals surface area contributed by atoms with Crippen molar-refractivity contribution in [2.45, 2.75) is 39.8 Å². The van der Waals surface area contributed by atoms with Crippen LogP contribution in [0.3, 0.4) is 0 Å². The lowest BCUT2D eigenvalue weighted by molar-refractivity contribution is -0.136. The summed E-state index contributed by atoms with van der Waals surface area (Å²) in [6.45, 7) is 5.34. The third kappa shape index (κ3) is 4.14. The number of aliphatic carboxylic acids is 1. The normalized spacial score (nSPS) is 11.1. The van der Waals surface area contributed by atoms with Crippen LogP contribution in [0.2, 0.25) is 0 Å². The van der Waals surface area contributed by atoms with Crippen molar-refractivity contribution in [2.24, 2.45) is 5.92 Å². The Morgan fingerprint density at radius 3 is 2.76 bits per heavy atom. The van der Waals surface area contributed by atoms with Crippen LogP contribution in [0.1, 0.15) is 31.7 Å². The van der Waals surface area contributed by atoms with Gasteiger partial charge in [0, 0.05) is 13.7 Å². The van der Waals surface area contributed by atoms with Crippen LogP contribution in [0.15, 0.2) is 0 Å². The highest BCUT2D eigenvalue weighted by atomic mass is 16.5. The first-order chi connectivity index (χ1) is 8.04. The van der Waals surface area contributed by atoms with Crippen molar-refractivity contribution < 1.29 is 14.6 Å². The maximum atomic E-state index is 10.7. The number of ether oxygens (including phenoxy) is 1. The largest absolute Gasteiger partial charge is 0.481 e. The van der Waals surface area contributed by atoms with Crippen LogP contribution in [-0.4, -0.2) is 33.2 Å². The number of rotatable bonds is 7. The second-order valence-electron chi connectivity index (χ2n) is 4.39. The van der Waals surface area contributed by atoms with Crippen molar-refractivity contribution in [2.75, 3.05) is 7.11 Å². The molecule has 1 heterocycles. The van der Waals surface area contributed by atoms with Gasteiger partial charge in [0.2, 0.25) is 0 Å². The Bertz CT molecular complexity index is 374. The second kappa shape index (κ2) is 6.34. The highest BCUT2D eigenvalue weighted by Gasteiger charge is 2.15. The van der Waals surface area contributed by atoms with Gasteiger partial charge in [0.15, 0.2) is 0 Å². The zero-order valence-corrected chi connectivity index (χ0v) is 10.5. The molecular weight excluding hydrogens is 222 g/mol. The Hall–Kier alpha value is -1.43. The van der Waals surface area contributed by atoms with E-state index in [2.05, 4.69) is 24.2 Å². The minimum absolute atomic E-state index is 0.111. The van der Waals surface area contributed by atoms with Gasteiger partial charge >= 0.3 is 5.97 Å². The fourth-order valence-electron chi connectivity index (χ4n) is 1.50. The standard InChI is InChI=1S/C11H19N3O3/c1-8(2)4-5-14-10(7-17-3)9(12-13-14)6-11(15)16/h8H,4-7H2,1-3H3,(H,15,16). The second-order valence-corrected chi connectivity index (χ2v) is 4.39. The lowest BCUT2D eigenvalue weighted by atomic mass is 10.1. The van der Waals surface area contributed by atoms with Crippen LogP contribution in [0.4, 0.5) is 0 Å². The van der Waals surface area contributed by atoms with Gasteiger partial charge in [-0.1, -0.05) is 19.1 Å². The van der Waals surface area contributed by atoms with E-state index in [4.69, 9.17) is 9.84 Å². The van der Waals surface area contributed by atoms with Crippen LogP contribution in [-0.2, 0) is 29.1 Å². The topological polar surface area (TPSA) is 77.2 Å². The minimum Gasteiger partial charge on any atom is -0.481 e. The predicted octanol–water partition coefficient (Wildman–Crippen LogP) is 1.10. The maximum absolute atomic E-state index is 10.7. The third-order valence-electron chi connectivity index (χ3n) is 2.44. The van der Waals surface area contributed by atoms with Crippen molar-refractivity contribution >= 4 is 5.97 Å². The Labute approximate surface area is 101 Å². The summed E-state index contributed by atoms with van der Waals surface area (Å²) >= 11 is 0. The summed E-state index contributed by atoms with van der Waals surface area (Å²) in [5, 5.41) is 16.7. The van der Waals surface area contributed by atoms with Gasteiger partial charge in [-0.25, -0.2) is 4.68 Å². The molecule has 0 aliphatic rings. The van der Waals surface area contributed by atoms with Crippen molar-refractivity contribution in [3.05, 3.63) is 11.4 Å². The van der Waals surface area contributed by atoms with Crippen molar-refractivity contribution in [3.63, 3.8) is 0 Å². The number of carboxylic acid groups (broad SMARTS) is 1. The average Bonchev–Trinajstić information content (AvgIpc) is 2.58. The molecular formula is C11H19N3O3. The fraction of sp³-hybridized carbons (Fsp3) is 0.727. The Morgan fingerprint density at radius 1 is 1.53 bits per heavy atom. The summed E-state index contributed by atoms with van der Waals surface area (Å²) in [5.74, 6) is -0.337. The molecule has 17 heavy (non-hydrogen) atoms. The number of aryl methyl sites for hydroxylation is 1. The number of hydrogen-bond acceptors (Lipinski definition) is 4. The van der Waals surface area contributed by atoms with Crippen molar-refractivity contribution in [3.8, 4) is 0 Å². The van der Waals surface area contributed by atoms with Crippen LogP contribution < -0.4 is 0 Å². The summed E-state index contributed by atoms with van der Waals surface area (Å²) in [5.41, 5.74) is 1.25. The van der Waals surface area contributed by atoms with E-state index in [9.17, 15) is 4.79 Å². The third-order valence-corrected chi connectivity index (χ3v) is 2.44. The minimum atomic E-state index is -0.904. The van der Waals surface area contributed by atoms with Crippen LogP contribution in [0.5, 0.6) is 0 Å². The molecule has 0 unspecified atom stereocenters. The molecule has 0 amide bonds. The first-order valence-electron chi connectivity index (χ1n) is 5.66. The van der Waals surface area contributed by atoms with Gasteiger partial charge in [0.05, 0.1) is 24.4 Å². The lowest BCUT2D eigenvalue weighted by Gasteiger charge is -2.08. The summed E-state index contributed by atoms with van der Waals surface area (Å²) < 4.78 is 6.80. The summed E-state index contributed by atoms with van der Waals surface area (Å²) in [7, 11) is 1.57. The summed E-state index contributed by atoms with van der Waals surface area (Å²) in [4.78, 5) is 10.7. The van der Waals surface area contributed by atoms with E-state index in [1.54, 1.807) is 11.8 Å². The summed E-state index contributed by atoms with van der Waals surface area (Å²) in [6.07, 6.45) is 0.868.